The number of piperidine rings is 1. The Hall–Kier alpha value is -3.02. The summed E-state index contributed by atoms with van der Waals surface area (Å²) < 4.78 is 5.24. The third-order valence-electron chi connectivity index (χ3n) is 6.08. The first-order valence-electron chi connectivity index (χ1n) is 9.77. The molecule has 1 aliphatic heterocycles. The van der Waals surface area contributed by atoms with Gasteiger partial charge >= 0.3 is 0 Å². The van der Waals surface area contributed by atoms with E-state index in [0.29, 0.717) is 18.0 Å². The van der Waals surface area contributed by atoms with Gasteiger partial charge in [-0.2, -0.15) is 0 Å². The SMILES string of the molecule is Cc1ocnc1C(=O)N1CCCC2(CCc3cnc(-c4ccccc4)nc32)C1. The molecule has 3 heterocycles. The minimum Gasteiger partial charge on any atom is -0.448 e. The number of hydrogen-bond donors (Lipinski definition) is 0. The first-order chi connectivity index (χ1) is 13.7. The fourth-order valence-electron chi connectivity index (χ4n) is 4.63. The van der Waals surface area contributed by atoms with Crippen LogP contribution in [-0.2, 0) is 11.8 Å². The lowest BCUT2D eigenvalue weighted by Gasteiger charge is -2.40. The number of amides is 1. The summed E-state index contributed by atoms with van der Waals surface area (Å²) in [5.74, 6) is 1.29. The monoisotopic (exact) mass is 374 g/mol. The van der Waals surface area contributed by atoms with E-state index in [0.717, 1.165) is 49.3 Å². The van der Waals surface area contributed by atoms with E-state index in [9.17, 15) is 4.79 Å². The van der Waals surface area contributed by atoms with Crippen molar-refractivity contribution in [1.82, 2.24) is 19.9 Å². The van der Waals surface area contributed by atoms with E-state index in [1.165, 1.54) is 12.0 Å². The summed E-state index contributed by atoms with van der Waals surface area (Å²) in [6, 6.07) is 10.1. The number of aryl methyl sites for hydroxylation is 2. The highest BCUT2D eigenvalue weighted by molar-refractivity contribution is 5.93. The van der Waals surface area contributed by atoms with Gasteiger partial charge in [0.25, 0.3) is 5.91 Å². The van der Waals surface area contributed by atoms with Crippen LogP contribution in [0.25, 0.3) is 11.4 Å². The van der Waals surface area contributed by atoms with E-state index in [1.807, 2.05) is 41.4 Å². The number of benzene rings is 1. The summed E-state index contributed by atoms with van der Waals surface area (Å²) in [6.45, 7) is 3.21. The molecule has 0 N–H and O–H groups in total. The molecule has 142 valence electrons. The highest BCUT2D eigenvalue weighted by Gasteiger charge is 2.45. The summed E-state index contributed by atoms with van der Waals surface area (Å²) in [6.07, 6.45) is 7.31. The van der Waals surface area contributed by atoms with E-state index in [-0.39, 0.29) is 11.3 Å². The third-order valence-corrected chi connectivity index (χ3v) is 6.08. The fraction of sp³-hybridized carbons (Fsp3) is 0.364. The number of oxazole rings is 1. The van der Waals surface area contributed by atoms with E-state index < -0.39 is 0 Å². The molecule has 28 heavy (non-hydrogen) atoms. The maximum Gasteiger partial charge on any atom is 0.276 e. The molecule has 1 aromatic carbocycles. The Kier molecular flexibility index (Phi) is 4.00. The second-order valence-electron chi connectivity index (χ2n) is 7.80. The summed E-state index contributed by atoms with van der Waals surface area (Å²) in [7, 11) is 0. The van der Waals surface area contributed by atoms with Crippen molar-refractivity contribution in [2.45, 2.75) is 38.0 Å². The van der Waals surface area contributed by atoms with Gasteiger partial charge in [0.15, 0.2) is 17.9 Å². The number of fused-ring (bicyclic) bond motifs is 2. The van der Waals surface area contributed by atoms with Crippen molar-refractivity contribution in [2.24, 2.45) is 0 Å². The van der Waals surface area contributed by atoms with Crippen molar-refractivity contribution < 1.29 is 9.21 Å². The molecule has 6 nitrogen and oxygen atoms in total. The molecule has 3 aromatic rings. The van der Waals surface area contributed by atoms with Crippen molar-refractivity contribution >= 4 is 5.91 Å². The summed E-state index contributed by atoms with van der Waals surface area (Å²) in [4.78, 5) is 28.6. The third kappa shape index (κ3) is 2.71. The zero-order valence-corrected chi connectivity index (χ0v) is 15.9. The van der Waals surface area contributed by atoms with Gasteiger partial charge in [-0.15, -0.1) is 0 Å². The van der Waals surface area contributed by atoms with Crippen LogP contribution in [0.3, 0.4) is 0 Å². The van der Waals surface area contributed by atoms with Crippen molar-refractivity contribution in [2.75, 3.05) is 13.1 Å². The molecule has 1 unspecified atom stereocenters. The molecule has 1 aliphatic carbocycles. The Morgan fingerprint density at radius 2 is 2.04 bits per heavy atom. The van der Waals surface area contributed by atoms with Gasteiger partial charge in [0, 0.05) is 30.3 Å². The zero-order chi connectivity index (χ0) is 19.1. The molecular formula is C22H22N4O2. The molecule has 1 amide bonds. The molecule has 1 fully saturated rings. The first-order valence-corrected chi connectivity index (χ1v) is 9.77. The highest BCUT2D eigenvalue weighted by atomic mass is 16.3. The molecular weight excluding hydrogens is 352 g/mol. The average Bonchev–Trinajstić information content (AvgIpc) is 3.32. The molecule has 1 saturated heterocycles. The molecule has 6 heteroatoms. The van der Waals surface area contributed by atoms with Crippen molar-refractivity contribution in [3.8, 4) is 11.4 Å². The van der Waals surface area contributed by atoms with Gasteiger partial charge in [-0.25, -0.2) is 15.0 Å². The normalized spacial score (nSPS) is 21.1. The molecule has 0 radical (unpaired) electrons. The predicted octanol–water partition coefficient (Wildman–Crippen LogP) is 3.56. The van der Waals surface area contributed by atoms with Crippen molar-refractivity contribution in [3.63, 3.8) is 0 Å². The molecule has 5 rings (SSSR count). The van der Waals surface area contributed by atoms with E-state index >= 15 is 0 Å². The van der Waals surface area contributed by atoms with Gasteiger partial charge in [-0.05, 0) is 38.2 Å². The molecule has 2 aliphatic rings. The van der Waals surface area contributed by atoms with E-state index in [1.54, 1.807) is 6.92 Å². The van der Waals surface area contributed by atoms with Crippen LogP contribution in [0.1, 0.15) is 46.8 Å². The molecule has 1 spiro atoms. The zero-order valence-electron chi connectivity index (χ0n) is 15.9. The Morgan fingerprint density at radius 1 is 1.18 bits per heavy atom. The predicted molar refractivity (Wildman–Crippen MR) is 104 cm³/mol. The van der Waals surface area contributed by atoms with Crippen molar-refractivity contribution in [3.05, 3.63) is 65.6 Å². The highest BCUT2D eigenvalue weighted by Crippen LogP contribution is 2.44. The van der Waals surface area contributed by atoms with Gasteiger partial charge in [0.1, 0.15) is 5.76 Å². The van der Waals surface area contributed by atoms with Gasteiger partial charge in [0.2, 0.25) is 0 Å². The first kappa shape index (κ1) is 17.1. The van der Waals surface area contributed by atoms with Crippen LogP contribution in [0.15, 0.2) is 47.3 Å². The molecule has 0 saturated carbocycles. The maximum atomic E-state index is 13.0. The lowest BCUT2D eigenvalue weighted by Crippen LogP contribution is -2.48. The smallest absolute Gasteiger partial charge is 0.276 e. The van der Waals surface area contributed by atoms with Crippen LogP contribution in [0.5, 0.6) is 0 Å². The second-order valence-corrected chi connectivity index (χ2v) is 7.80. The number of aromatic nitrogens is 3. The van der Waals surface area contributed by atoms with E-state index in [4.69, 9.17) is 9.40 Å². The standard InChI is InChI=1S/C22H22N4O2/c1-15-18(24-14-28-15)21(27)26-11-5-9-22(13-26)10-8-17-12-23-20(25-19(17)22)16-6-3-2-4-7-16/h2-4,6-7,12,14H,5,8-11,13H2,1H3. The minimum atomic E-state index is -0.0899. The fourth-order valence-corrected chi connectivity index (χ4v) is 4.63. The van der Waals surface area contributed by atoms with Crippen LogP contribution in [0.2, 0.25) is 0 Å². The van der Waals surface area contributed by atoms with Crippen LogP contribution in [-0.4, -0.2) is 38.8 Å². The largest absolute Gasteiger partial charge is 0.448 e. The number of likely N-dealkylation sites (tertiary alicyclic amines) is 1. The van der Waals surface area contributed by atoms with Gasteiger partial charge in [0.05, 0.1) is 5.69 Å². The van der Waals surface area contributed by atoms with Crippen LogP contribution >= 0.6 is 0 Å². The van der Waals surface area contributed by atoms with Crippen molar-refractivity contribution in [1.29, 1.82) is 0 Å². The van der Waals surface area contributed by atoms with Gasteiger partial charge in [-0.1, -0.05) is 30.3 Å². The lowest BCUT2D eigenvalue weighted by molar-refractivity contribution is 0.0626. The number of hydrogen-bond acceptors (Lipinski definition) is 5. The van der Waals surface area contributed by atoms with E-state index in [2.05, 4.69) is 9.97 Å². The molecule has 2 aromatic heterocycles. The quantitative estimate of drug-likeness (QED) is 0.686. The molecule has 0 bridgehead atoms. The van der Waals surface area contributed by atoms with Gasteiger partial charge in [-0.3, -0.25) is 4.79 Å². The topological polar surface area (TPSA) is 72.1 Å². The summed E-state index contributed by atoms with van der Waals surface area (Å²) in [5.41, 5.74) is 3.69. The Labute approximate surface area is 163 Å². The average molecular weight is 374 g/mol. The number of nitrogens with zero attached hydrogens (tertiary/aromatic N) is 4. The number of carbonyl (C=O) groups is 1. The maximum absolute atomic E-state index is 13.0. The Bertz CT molecular complexity index is 1030. The number of rotatable bonds is 2. The second kappa shape index (κ2) is 6.55. The van der Waals surface area contributed by atoms with Crippen LogP contribution in [0.4, 0.5) is 0 Å². The summed E-state index contributed by atoms with van der Waals surface area (Å²) >= 11 is 0. The number of carbonyl (C=O) groups excluding carboxylic acids is 1. The minimum absolute atomic E-state index is 0.0453. The molecule has 1 atom stereocenters. The van der Waals surface area contributed by atoms with Crippen LogP contribution in [0, 0.1) is 6.92 Å². The Balaban J connectivity index is 1.49. The van der Waals surface area contributed by atoms with Crippen LogP contribution < -0.4 is 0 Å². The van der Waals surface area contributed by atoms with Gasteiger partial charge < -0.3 is 9.32 Å². The lowest BCUT2D eigenvalue weighted by atomic mass is 9.77. The summed E-state index contributed by atoms with van der Waals surface area (Å²) in [5, 5.41) is 0. The Morgan fingerprint density at radius 3 is 2.82 bits per heavy atom.